The van der Waals surface area contributed by atoms with Crippen molar-refractivity contribution in [3.63, 3.8) is 0 Å². The van der Waals surface area contributed by atoms with Crippen LogP contribution in [0.3, 0.4) is 0 Å². The topological polar surface area (TPSA) is 117 Å². The van der Waals surface area contributed by atoms with Crippen molar-refractivity contribution >= 4 is 17.5 Å². The van der Waals surface area contributed by atoms with Gasteiger partial charge in [0.15, 0.2) is 0 Å². The summed E-state index contributed by atoms with van der Waals surface area (Å²) < 4.78 is 8.47. The first-order valence-electron chi connectivity index (χ1n) is 7.72. The molecule has 0 aliphatic carbocycles. The third-order valence-corrected chi connectivity index (χ3v) is 3.87. The molecule has 3 aromatic rings. The van der Waals surface area contributed by atoms with E-state index >= 15 is 0 Å². The molecule has 9 heteroatoms. The average Bonchev–Trinajstić information content (AvgIpc) is 3.19. The number of aryl methyl sites for hydroxylation is 2. The number of carbonyl (C=O) groups is 2. The zero-order chi connectivity index (χ0) is 18.8. The summed E-state index contributed by atoms with van der Waals surface area (Å²) in [5.41, 5.74) is 7.55. The molecule has 0 aliphatic rings. The van der Waals surface area contributed by atoms with Gasteiger partial charge in [-0.05, 0) is 24.3 Å². The van der Waals surface area contributed by atoms with Crippen LogP contribution in [0.15, 0.2) is 36.7 Å². The van der Waals surface area contributed by atoms with Gasteiger partial charge >= 0.3 is 0 Å². The van der Waals surface area contributed by atoms with Crippen molar-refractivity contribution in [1.29, 1.82) is 0 Å². The molecule has 0 saturated heterocycles. The molecule has 0 spiro atoms. The third-order valence-electron chi connectivity index (χ3n) is 3.87. The number of hydrogen-bond donors (Lipinski definition) is 2. The van der Waals surface area contributed by atoms with E-state index in [1.54, 1.807) is 41.9 Å². The van der Waals surface area contributed by atoms with Crippen molar-refractivity contribution in [2.75, 3.05) is 12.4 Å². The van der Waals surface area contributed by atoms with Crippen LogP contribution in [0, 0.1) is 0 Å². The molecule has 9 nitrogen and oxygen atoms in total. The first kappa shape index (κ1) is 17.2. The van der Waals surface area contributed by atoms with Crippen LogP contribution in [0.4, 0.5) is 5.69 Å². The lowest BCUT2D eigenvalue weighted by molar-refractivity contribution is 0.1000. The number of nitrogens with one attached hydrogen (secondary N) is 1. The van der Waals surface area contributed by atoms with Crippen molar-refractivity contribution < 1.29 is 14.3 Å². The van der Waals surface area contributed by atoms with Crippen LogP contribution in [-0.2, 0) is 14.1 Å². The second-order valence-corrected chi connectivity index (χ2v) is 5.64. The Balaban J connectivity index is 1.98. The second-order valence-electron chi connectivity index (χ2n) is 5.64. The molecule has 2 aromatic heterocycles. The highest BCUT2D eigenvalue weighted by Gasteiger charge is 2.19. The van der Waals surface area contributed by atoms with Gasteiger partial charge in [0.05, 0.1) is 24.1 Å². The maximum Gasteiger partial charge on any atom is 0.259 e. The fraction of sp³-hybridized carbons (Fsp3) is 0.176. The standard InChI is InChI=1S/C17H18N6O3/c1-22-9-12(15(21-22)13-6-7-19-23(13)2)20-17(25)11-8-10(16(18)24)4-5-14(11)26-3/h4-9H,1-3H3,(H2,18,24)(H,20,25). The van der Waals surface area contributed by atoms with E-state index < -0.39 is 11.8 Å². The summed E-state index contributed by atoms with van der Waals surface area (Å²) in [5.74, 6) is -0.738. The third kappa shape index (κ3) is 3.14. The normalized spacial score (nSPS) is 10.6. The summed E-state index contributed by atoms with van der Waals surface area (Å²) in [6.45, 7) is 0. The lowest BCUT2D eigenvalue weighted by atomic mass is 10.1. The Hall–Kier alpha value is -3.62. The number of primary amides is 1. The van der Waals surface area contributed by atoms with Crippen molar-refractivity contribution in [2.24, 2.45) is 19.8 Å². The lowest BCUT2D eigenvalue weighted by Crippen LogP contribution is -2.16. The van der Waals surface area contributed by atoms with E-state index in [4.69, 9.17) is 10.5 Å². The minimum absolute atomic E-state index is 0.198. The number of anilines is 1. The summed E-state index contributed by atoms with van der Waals surface area (Å²) >= 11 is 0. The van der Waals surface area contributed by atoms with Gasteiger partial charge in [0.2, 0.25) is 5.91 Å². The van der Waals surface area contributed by atoms with Crippen molar-refractivity contribution in [2.45, 2.75) is 0 Å². The molecule has 0 saturated carbocycles. The first-order chi connectivity index (χ1) is 12.4. The Kier molecular flexibility index (Phi) is 4.44. The molecule has 1 aromatic carbocycles. The predicted octanol–water partition coefficient (Wildman–Crippen LogP) is 1.18. The Morgan fingerprint density at radius 2 is 2.00 bits per heavy atom. The lowest BCUT2D eigenvalue weighted by Gasteiger charge is -2.10. The smallest absolute Gasteiger partial charge is 0.259 e. The van der Waals surface area contributed by atoms with Crippen molar-refractivity contribution in [1.82, 2.24) is 19.6 Å². The number of ether oxygens (including phenoxy) is 1. The Labute approximate surface area is 149 Å². The van der Waals surface area contributed by atoms with Crippen LogP contribution in [0.1, 0.15) is 20.7 Å². The van der Waals surface area contributed by atoms with Crippen LogP contribution >= 0.6 is 0 Å². The molecule has 0 atom stereocenters. The van der Waals surface area contributed by atoms with Gasteiger partial charge in [-0.1, -0.05) is 0 Å². The van der Waals surface area contributed by atoms with Gasteiger partial charge in [-0.3, -0.25) is 19.0 Å². The molecule has 26 heavy (non-hydrogen) atoms. The molecule has 0 fully saturated rings. The van der Waals surface area contributed by atoms with Gasteiger partial charge in [0.1, 0.15) is 11.4 Å². The second kappa shape index (κ2) is 6.71. The summed E-state index contributed by atoms with van der Waals surface area (Å²) in [6, 6.07) is 6.23. The van der Waals surface area contributed by atoms with Crippen molar-refractivity contribution in [3.05, 3.63) is 47.8 Å². The molecule has 134 valence electrons. The van der Waals surface area contributed by atoms with Crippen LogP contribution in [-0.4, -0.2) is 38.5 Å². The molecule has 0 aliphatic heterocycles. The summed E-state index contributed by atoms with van der Waals surface area (Å²) in [7, 11) is 4.99. The molecule has 2 heterocycles. The van der Waals surface area contributed by atoms with E-state index in [1.165, 1.54) is 25.3 Å². The van der Waals surface area contributed by atoms with Crippen LogP contribution in [0.25, 0.3) is 11.4 Å². The molecule has 3 N–H and O–H groups in total. The highest BCUT2D eigenvalue weighted by Crippen LogP contribution is 2.27. The molecule has 2 amide bonds. The number of nitrogens with zero attached hydrogens (tertiary/aromatic N) is 4. The van der Waals surface area contributed by atoms with Crippen LogP contribution < -0.4 is 15.8 Å². The maximum absolute atomic E-state index is 12.8. The fourth-order valence-corrected chi connectivity index (χ4v) is 2.60. The molecule has 0 radical (unpaired) electrons. The highest BCUT2D eigenvalue weighted by molar-refractivity contribution is 6.09. The average molecular weight is 354 g/mol. The zero-order valence-corrected chi connectivity index (χ0v) is 14.6. The van der Waals surface area contributed by atoms with Gasteiger partial charge in [-0.15, -0.1) is 0 Å². The number of nitrogens with two attached hydrogens (primary N) is 1. The van der Waals surface area contributed by atoms with E-state index in [0.717, 1.165) is 5.69 Å². The van der Waals surface area contributed by atoms with E-state index in [2.05, 4.69) is 15.5 Å². The van der Waals surface area contributed by atoms with Crippen LogP contribution in [0.2, 0.25) is 0 Å². The molecular weight excluding hydrogens is 336 g/mol. The minimum atomic E-state index is -0.626. The summed E-state index contributed by atoms with van der Waals surface area (Å²) in [4.78, 5) is 24.2. The molecule has 0 unspecified atom stereocenters. The summed E-state index contributed by atoms with van der Waals surface area (Å²) in [6.07, 6.45) is 3.33. The zero-order valence-electron chi connectivity index (χ0n) is 14.6. The maximum atomic E-state index is 12.8. The Bertz CT molecular complexity index is 988. The van der Waals surface area contributed by atoms with E-state index in [-0.39, 0.29) is 11.1 Å². The fourth-order valence-electron chi connectivity index (χ4n) is 2.60. The number of benzene rings is 1. The van der Waals surface area contributed by atoms with Gasteiger partial charge in [-0.2, -0.15) is 10.2 Å². The largest absolute Gasteiger partial charge is 0.496 e. The Morgan fingerprint density at radius 1 is 1.23 bits per heavy atom. The number of carbonyl (C=O) groups excluding carboxylic acids is 2. The van der Waals surface area contributed by atoms with E-state index in [9.17, 15) is 9.59 Å². The van der Waals surface area contributed by atoms with Crippen LogP contribution in [0.5, 0.6) is 5.75 Å². The van der Waals surface area contributed by atoms with Gasteiger partial charge in [-0.25, -0.2) is 0 Å². The Morgan fingerprint density at radius 3 is 2.62 bits per heavy atom. The monoisotopic (exact) mass is 354 g/mol. The van der Waals surface area contributed by atoms with Gasteiger partial charge in [0.25, 0.3) is 5.91 Å². The predicted molar refractivity (Wildman–Crippen MR) is 94.9 cm³/mol. The summed E-state index contributed by atoms with van der Waals surface area (Å²) in [5, 5.41) is 11.3. The van der Waals surface area contributed by atoms with Gasteiger partial charge < -0.3 is 15.8 Å². The molecule has 0 bridgehead atoms. The number of hydrogen-bond acceptors (Lipinski definition) is 5. The number of rotatable bonds is 5. The van der Waals surface area contributed by atoms with E-state index in [1.807, 2.05) is 0 Å². The SMILES string of the molecule is COc1ccc(C(N)=O)cc1C(=O)Nc1cn(C)nc1-c1ccnn1C. The number of methoxy groups -OCH3 is 1. The molecular formula is C17H18N6O3. The van der Waals surface area contributed by atoms with Gasteiger partial charge in [0, 0.05) is 32.1 Å². The minimum Gasteiger partial charge on any atom is -0.496 e. The number of aromatic nitrogens is 4. The molecule has 3 rings (SSSR count). The van der Waals surface area contributed by atoms with Crippen molar-refractivity contribution in [3.8, 4) is 17.1 Å². The first-order valence-corrected chi connectivity index (χ1v) is 7.72. The van der Waals surface area contributed by atoms with E-state index in [0.29, 0.717) is 17.1 Å². The quantitative estimate of drug-likeness (QED) is 0.713. The number of amides is 2. The highest BCUT2D eigenvalue weighted by atomic mass is 16.5.